The second kappa shape index (κ2) is 10.2. The summed E-state index contributed by atoms with van der Waals surface area (Å²) < 4.78 is 5.25. The minimum atomic E-state index is -0.996. The average molecular weight is 356 g/mol. The van der Waals surface area contributed by atoms with Crippen molar-refractivity contribution in [2.75, 3.05) is 6.54 Å². The van der Waals surface area contributed by atoms with Crippen LogP contribution in [-0.4, -0.2) is 47.7 Å². The molecule has 2 N–H and O–H groups in total. The Morgan fingerprint density at radius 2 is 2.12 bits per heavy atom. The topological polar surface area (TPSA) is 99.1 Å². The van der Waals surface area contributed by atoms with Crippen LogP contribution in [0.4, 0.5) is 4.79 Å². The van der Waals surface area contributed by atoms with Crippen molar-refractivity contribution in [1.82, 2.24) is 5.32 Å². The zero-order chi connectivity index (χ0) is 19.6. The van der Waals surface area contributed by atoms with E-state index in [1.165, 1.54) is 6.21 Å². The van der Waals surface area contributed by atoms with Gasteiger partial charge in [0.2, 0.25) is 0 Å². The Balaban J connectivity index is 2.80. The van der Waals surface area contributed by atoms with Gasteiger partial charge < -0.3 is 15.2 Å². The van der Waals surface area contributed by atoms with Crippen LogP contribution < -0.4 is 5.32 Å². The monoisotopic (exact) mass is 356 g/mol. The fourth-order valence-electron chi connectivity index (χ4n) is 2.10. The van der Waals surface area contributed by atoms with E-state index in [0.29, 0.717) is 6.42 Å². The summed E-state index contributed by atoms with van der Waals surface area (Å²) in [6.07, 6.45) is -0.0357. The van der Waals surface area contributed by atoms with E-state index in [4.69, 9.17) is 16.6 Å². The van der Waals surface area contributed by atoms with Gasteiger partial charge in [0, 0.05) is 0 Å². The quantitative estimate of drug-likeness (QED) is 0.579. The second-order valence-electron chi connectivity index (χ2n) is 6.73. The smallest absolute Gasteiger partial charge is 0.407 e. The predicted octanol–water partition coefficient (Wildman–Crippen LogP) is 2.37. The number of hydrogen-bond donors (Lipinski definition) is 2. The molecule has 7 nitrogen and oxygen atoms in total. The molecule has 1 aromatic carbocycles. The maximum absolute atomic E-state index is 12.1. The average Bonchev–Trinajstić information content (AvgIpc) is 2.57. The number of aliphatic imine (C=N–C) groups is 1. The number of aliphatic hydroxyl groups is 1. The molecular formula is C19H24N4O3. The number of carbonyl (C=O) groups is 1. The van der Waals surface area contributed by atoms with Crippen molar-refractivity contribution in [2.24, 2.45) is 4.99 Å². The number of nitrogens with zero attached hydrogens (tertiary/aromatic N) is 3. The number of amides is 1. The Labute approximate surface area is 154 Å². The number of benzene rings is 1. The van der Waals surface area contributed by atoms with Crippen molar-refractivity contribution >= 4 is 12.3 Å². The van der Waals surface area contributed by atoms with Gasteiger partial charge in [0.05, 0.1) is 24.9 Å². The van der Waals surface area contributed by atoms with E-state index in [2.05, 4.69) is 15.2 Å². The third-order valence-corrected chi connectivity index (χ3v) is 3.28. The molecule has 0 radical (unpaired) electrons. The second-order valence-corrected chi connectivity index (χ2v) is 6.73. The minimum absolute atomic E-state index is 0.0407. The first-order chi connectivity index (χ1) is 12.2. The van der Waals surface area contributed by atoms with Gasteiger partial charge in [-0.3, -0.25) is 9.84 Å². The normalized spacial score (nSPS) is 14.7. The van der Waals surface area contributed by atoms with Crippen molar-refractivity contribution in [3.63, 3.8) is 0 Å². The van der Waals surface area contributed by atoms with Gasteiger partial charge in [-0.05, 0) is 32.8 Å². The zero-order valence-electron chi connectivity index (χ0n) is 15.2. The van der Waals surface area contributed by atoms with Gasteiger partial charge in [0.1, 0.15) is 5.60 Å². The molecule has 26 heavy (non-hydrogen) atoms. The van der Waals surface area contributed by atoms with Gasteiger partial charge >= 0.3 is 12.1 Å². The van der Waals surface area contributed by atoms with Crippen molar-refractivity contribution in [3.8, 4) is 6.07 Å². The van der Waals surface area contributed by atoms with Crippen LogP contribution in [-0.2, 0) is 11.2 Å². The standard InChI is InChI=1S/C19H24N4O3/c1-19(2,3)26-18(25)23-16(10-14-8-6-5-7-9-14)17(24)13-22-12-15(11-20)21-4/h5-9,12,15-17,24H,10,13H2,1-3H3,(H,23,25)/t15?,16-,17+/m0/s1. The molecule has 1 unspecified atom stereocenters. The van der Waals surface area contributed by atoms with E-state index in [9.17, 15) is 9.90 Å². The lowest BCUT2D eigenvalue weighted by molar-refractivity contribution is 0.0430. The van der Waals surface area contributed by atoms with E-state index < -0.39 is 29.9 Å². The summed E-state index contributed by atoms with van der Waals surface area (Å²) in [7, 11) is 0. The largest absolute Gasteiger partial charge is 0.444 e. The number of carbonyl (C=O) groups excluding carboxylic acids is 1. The van der Waals surface area contributed by atoms with Gasteiger partial charge in [-0.15, -0.1) is 0 Å². The molecule has 0 saturated heterocycles. The molecule has 0 aromatic heterocycles. The Kier molecular flexibility index (Phi) is 8.27. The lowest BCUT2D eigenvalue weighted by Gasteiger charge is -2.26. The van der Waals surface area contributed by atoms with Gasteiger partial charge in [0.25, 0.3) is 0 Å². The van der Waals surface area contributed by atoms with Crippen LogP contribution in [0.3, 0.4) is 0 Å². The molecule has 0 saturated carbocycles. The van der Waals surface area contributed by atoms with Crippen molar-refractivity contribution in [1.29, 1.82) is 5.26 Å². The van der Waals surface area contributed by atoms with Crippen LogP contribution in [0.15, 0.2) is 35.3 Å². The lowest BCUT2D eigenvalue weighted by Crippen LogP contribution is -2.47. The van der Waals surface area contributed by atoms with Gasteiger partial charge in [-0.2, -0.15) is 5.26 Å². The van der Waals surface area contributed by atoms with Crippen LogP contribution in [0.5, 0.6) is 0 Å². The fraction of sp³-hybridized carbons (Fsp3) is 0.474. The zero-order valence-corrected chi connectivity index (χ0v) is 15.2. The molecule has 138 valence electrons. The predicted molar refractivity (Wildman–Crippen MR) is 98.7 cm³/mol. The van der Waals surface area contributed by atoms with Crippen LogP contribution in [0, 0.1) is 17.9 Å². The maximum Gasteiger partial charge on any atom is 0.407 e. The minimum Gasteiger partial charge on any atom is -0.444 e. The van der Waals surface area contributed by atoms with Crippen molar-refractivity contribution in [2.45, 2.75) is 51.0 Å². The fourth-order valence-corrected chi connectivity index (χ4v) is 2.10. The number of alkyl carbamates (subject to hydrolysis) is 1. The molecule has 1 amide bonds. The number of rotatable bonds is 7. The highest BCUT2D eigenvalue weighted by Crippen LogP contribution is 2.10. The first-order valence-corrected chi connectivity index (χ1v) is 8.23. The van der Waals surface area contributed by atoms with E-state index in [1.54, 1.807) is 26.8 Å². The summed E-state index contributed by atoms with van der Waals surface area (Å²) in [5.74, 6) is 0. The number of nitriles is 1. The Hall–Kier alpha value is -2.90. The molecule has 1 rings (SSSR count). The first-order valence-electron chi connectivity index (χ1n) is 8.23. The van der Waals surface area contributed by atoms with E-state index in [0.717, 1.165) is 5.56 Å². The molecule has 0 aliphatic heterocycles. The molecule has 7 heteroatoms. The number of nitrogens with one attached hydrogen (secondary N) is 1. The Morgan fingerprint density at radius 3 is 2.65 bits per heavy atom. The van der Waals surface area contributed by atoms with E-state index >= 15 is 0 Å². The maximum atomic E-state index is 12.1. The summed E-state index contributed by atoms with van der Waals surface area (Å²) in [6.45, 7) is 12.1. The molecule has 0 bridgehead atoms. The molecule has 3 atom stereocenters. The van der Waals surface area contributed by atoms with Crippen molar-refractivity contribution < 1.29 is 14.6 Å². The van der Waals surface area contributed by atoms with Crippen LogP contribution in [0.2, 0.25) is 0 Å². The highest BCUT2D eigenvalue weighted by atomic mass is 16.6. The summed E-state index contributed by atoms with van der Waals surface area (Å²) in [5.41, 5.74) is 0.285. The summed E-state index contributed by atoms with van der Waals surface area (Å²) in [4.78, 5) is 19.1. The van der Waals surface area contributed by atoms with E-state index in [1.807, 2.05) is 30.3 Å². The molecule has 1 aromatic rings. The third-order valence-electron chi connectivity index (χ3n) is 3.28. The van der Waals surface area contributed by atoms with Gasteiger partial charge in [-0.25, -0.2) is 11.4 Å². The molecule has 0 heterocycles. The highest BCUT2D eigenvalue weighted by Gasteiger charge is 2.25. The Morgan fingerprint density at radius 1 is 1.46 bits per heavy atom. The number of ether oxygens (including phenoxy) is 1. The third kappa shape index (κ3) is 8.27. The van der Waals surface area contributed by atoms with Gasteiger partial charge in [0.15, 0.2) is 6.07 Å². The van der Waals surface area contributed by atoms with Crippen LogP contribution >= 0.6 is 0 Å². The summed E-state index contributed by atoms with van der Waals surface area (Å²) in [6, 6.07) is 9.59. The lowest BCUT2D eigenvalue weighted by atomic mass is 10.0. The first kappa shape index (κ1) is 21.1. The SMILES string of the molecule is [C-]#[N+]C(C#N)C=NC[C@@H](O)[C@H](Cc1ccccc1)NC(=O)OC(C)(C)C. The van der Waals surface area contributed by atoms with Crippen LogP contribution in [0.1, 0.15) is 26.3 Å². The number of hydrogen-bond acceptors (Lipinski definition) is 5. The molecule has 0 aliphatic carbocycles. The molecular weight excluding hydrogens is 332 g/mol. The van der Waals surface area contributed by atoms with Crippen molar-refractivity contribution in [3.05, 3.63) is 47.3 Å². The van der Waals surface area contributed by atoms with Crippen LogP contribution in [0.25, 0.3) is 4.85 Å². The molecule has 0 aliphatic rings. The highest BCUT2D eigenvalue weighted by molar-refractivity contribution is 5.70. The summed E-state index contributed by atoms with van der Waals surface area (Å²) >= 11 is 0. The molecule has 0 fully saturated rings. The Bertz CT molecular complexity index is 669. The van der Waals surface area contributed by atoms with Gasteiger partial charge in [-0.1, -0.05) is 30.3 Å². The van der Waals surface area contributed by atoms with E-state index in [-0.39, 0.29) is 6.54 Å². The number of aliphatic hydroxyl groups excluding tert-OH is 1. The summed E-state index contributed by atoms with van der Waals surface area (Å²) in [5, 5.41) is 21.8. The molecule has 0 spiro atoms.